The molecule has 2 aromatic carbocycles. The number of amides is 1. The molecule has 0 spiro atoms. The summed E-state index contributed by atoms with van der Waals surface area (Å²) in [5.41, 5.74) is 5.60. The normalized spacial score (nSPS) is 10.8. The Morgan fingerprint density at radius 2 is 1.81 bits per heavy atom. The van der Waals surface area contributed by atoms with Crippen molar-refractivity contribution in [1.82, 2.24) is 15.2 Å². The zero-order valence-corrected chi connectivity index (χ0v) is 14.0. The first kappa shape index (κ1) is 17.1. The van der Waals surface area contributed by atoms with Crippen molar-refractivity contribution in [2.45, 2.75) is 6.92 Å². The second-order valence-electron chi connectivity index (χ2n) is 5.52. The number of aromatic nitrogens is 2. The molecule has 1 heterocycles. The molecular weight excluding hydrogens is 332 g/mol. The lowest BCUT2D eigenvalue weighted by atomic mass is 10.1. The molecule has 7 heteroatoms. The highest BCUT2D eigenvalue weighted by Gasteiger charge is 2.11. The van der Waals surface area contributed by atoms with Gasteiger partial charge in [-0.15, -0.1) is 0 Å². The van der Waals surface area contributed by atoms with E-state index < -0.39 is 5.97 Å². The van der Waals surface area contributed by atoms with Crippen molar-refractivity contribution in [3.05, 3.63) is 71.9 Å². The molecule has 0 saturated carbocycles. The largest absolute Gasteiger partial charge is 0.478 e. The molecule has 130 valence electrons. The molecule has 0 radical (unpaired) electrons. The van der Waals surface area contributed by atoms with Crippen LogP contribution >= 0.6 is 0 Å². The summed E-state index contributed by atoms with van der Waals surface area (Å²) in [6.45, 7) is 1.38. The molecule has 0 atom stereocenters. The summed E-state index contributed by atoms with van der Waals surface area (Å²) in [6, 6.07) is 16.0. The maximum atomic E-state index is 11.0. The van der Waals surface area contributed by atoms with Gasteiger partial charge in [-0.1, -0.05) is 30.3 Å². The molecule has 0 unspecified atom stereocenters. The Balaban J connectivity index is 2.01. The molecule has 7 nitrogen and oxygen atoms in total. The fourth-order valence-electron chi connectivity index (χ4n) is 2.38. The van der Waals surface area contributed by atoms with Gasteiger partial charge in [-0.05, 0) is 24.3 Å². The van der Waals surface area contributed by atoms with Crippen LogP contribution in [0.4, 0.5) is 0 Å². The number of carbonyl (C=O) groups is 2. The summed E-state index contributed by atoms with van der Waals surface area (Å²) < 4.78 is 1.64. The van der Waals surface area contributed by atoms with Crippen LogP contribution in [-0.4, -0.2) is 33.0 Å². The SMILES string of the molecule is CC(=O)N/N=C/c1cn(-c2ccc(C(=O)O)cc2)nc1-c1ccccc1. The molecule has 1 amide bonds. The van der Waals surface area contributed by atoms with Crippen molar-refractivity contribution in [1.29, 1.82) is 0 Å². The van der Waals surface area contributed by atoms with E-state index in [1.165, 1.54) is 25.3 Å². The van der Waals surface area contributed by atoms with Gasteiger partial charge in [-0.25, -0.2) is 14.9 Å². The first-order chi connectivity index (χ1) is 12.5. The first-order valence-electron chi connectivity index (χ1n) is 7.83. The van der Waals surface area contributed by atoms with Crippen molar-refractivity contribution in [2.24, 2.45) is 5.10 Å². The van der Waals surface area contributed by atoms with Gasteiger partial charge in [-0.3, -0.25) is 4.79 Å². The third kappa shape index (κ3) is 3.84. The van der Waals surface area contributed by atoms with Crippen LogP contribution in [0.3, 0.4) is 0 Å². The highest BCUT2D eigenvalue weighted by atomic mass is 16.4. The molecular formula is C19H16N4O3. The Kier molecular flexibility index (Phi) is 4.89. The number of aromatic carboxylic acids is 1. The van der Waals surface area contributed by atoms with Crippen LogP contribution in [0.5, 0.6) is 0 Å². The molecule has 3 aromatic rings. The summed E-state index contributed by atoms with van der Waals surface area (Å²) in [5, 5.41) is 17.5. The van der Waals surface area contributed by atoms with Crippen molar-refractivity contribution < 1.29 is 14.7 Å². The number of hydrogen-bond acceptors (Lipinski definition) is 4. The second-order valence-corrected chi connectivity index (χ2v) is 5.52. The summed E-state index contributed by atoms with van der Waals surface area (Å²) in [4.78, 5) is 22.0. The van der Waals surface area contributed by atoms with Crippen LogP contribution < -0.4 is 5.43 Å². The Morgan fingerprint density at radius 3 is 2.42 bits per heavy atom. The van der Waals surface area contributed by atoms with Gasteiger partial charge in [0.1, 0.15) is 5.69 Å². The van der Waals surface area contributed by atoms with E-state index in [1.807, 2.05) is 30.3 Å². The Bertz CT molecular complexity index is 960. The quantitative estimate of drug-likeness (QED) is 0.547. The first-order valence-corrected chi connectivity index (χ1v) is 7.83. The lowest BCUT2D eigenvalue weighted by Gasteiger charge is -2.02. The second kappa shape index (κ2) is 7.43. The van der Waals surface area contributed by atoms with E-state index in [4.69, 9.17) is 5.11 Å². The Hall–Kier alpha value is -3.74. The van der Waals surface area contributed by atoms with Gasteiger partial charge in [0.25, 0.3) is 0 Å². The minimum absolute atomic E-state index is 0.205. The molecule has 0 fully saturated rings. The molecule has 3 rings (SSSR count). The minimum Gasteiger partial charge on any atom is -0.478 e. The maximum Gasteiger partial charge on any atom is 0.335 e. The highest BCUT2D eigenvalue weighted by Crippen LogP contribution is 2.22. The van der Waals surface area contributed by atoms with E-state index in [2.05, 4.69) is 15.6 Å². The standard InChI is InChI=1S/C19H16N4O3/c1-13(24)21-20-11-16-12-23(17-9-7-15(8-10-17)19(25)26)22-18(16)14-5-3-2-4-6-14/h2-12H,1H3,(H,21,24)(H,25,26)/b20-11+. The fourth-order valence-corrected chi connectivity index (χ4v) is 2.38. The van der Waals surface area contributed by atoms with E-state index in [0.29, 0.717) is 16.9 Å². The lowest BCUT2D eigenvalue weighted by Crippen LogP contribution is -2.12. The van der Waals surface area contributed by atoms with Crippen molar-refractivity contribution in [3.8, 4) is 16.9 Å². The summed E-state index contributed by atoms with van der Waals surface area (Å²) >= 11 is 0. The van der Waals surface area contributed by atoms with E-state index in [0.717, 1.165) is 5.56 Å². The number of benzene rings is 2. The van der Waals surface area contributed by atoms with Crippen LogP contribution in [0, 0.1) is 0 Å². The fraction of sp³-hybridized carbons (Fsp3) is 0.0526. The predicted octanol–water partition coefficient (Wildman–Crippen LogP) is 2.71. The van der Waals surface area contributed by atoms with Crippen LogP contribution in [0.25, 0.3) is 16.9 Å². The van der Waals surface area contributed by atoms with E-state index in [-0.39, 0.29) is 11.5 Å². The number of carboxylic acids is 1. The average molecular weight is 348 g/mol. The third-order valence-corrected chi connectivity index (χ3v) is 3.59. The number of hydrazone groups is 1. The number of nitrogens with zero attached hydrogens (tertiary/aromatic N) is 3. The highest BCUT2D eigenvalue weighted by molar-refractivity contribution is 5.90. The smallest absolute Gasteiger partial charge is 0.335 e. The third-order valence-electron chi connectivity index (χ3n) is 3.59. The predicted molar refractivity (Wildman–Crippen MR) is 97.4 cm³/mol. The van der Waals surface area contributed by atoms with Crippen LogP contribution in [-0.2, 0) is 4.79 Å². The number of hydrogen-bond donors (Lipinski definition) is 2. The van der Waals surface area contributed by atoms with Crippen molar-refractivity contribution >= 4 is 18.1 Å². The number of carbonyl (C=O) groups excluding carboxylic acids is 1. The van der Waals surface area contributed by atoms with E-state index in [9.17, 15) is 9.59 Å². The molecule has 2 N–H and O–H groups in total. The Labute approximate surface area is 149 Å². The molecule has 0 aliphatic heterocycles. The summed E-state index contributed by atoms with van der Waals surface area (Å²) in [6.07, 6.45) is 3.29. The number of rotatable bonds is 5. The van der Waals surface area contributed by atoms with Gasteiger partial charge in [0, 0.05) is 24.2 Å². The molecule has 0 aliphatic carbocycles. The van der Waals surface area contributed by atoms with Crippen LogP contribution in [0.1, 0.15) is 22.8 Å². The van der Waals surface area contributed by atoms with Crippen LogP contribution in [0.15, 0.2) is 65.9 Å². The van der Waals surface area contributed by atoms with Crippen molar-refractivity contribution in [2.75, 3.05) is 0 Å². The summed E-state index contributed by atoms with van der Waals surface area (Å²) in [7, 11) is 0. The van der Waals surface area contributed by atoms with Gasteiger partial charge in [0.05, 0.1) is 17.5 Å². The van der Waals surface area contributed by atoms with Crippen LogP contribution in [0.2, 0.25) is 0 Å². The van der Waals surface area contributed by atoms with E-state index in [1.54, 1.807) is 23.0 Å². The molecule has 0 bridgehead atoms. The Morgan fingerprint density at radius 1 is 1.12 bits per heavy atom. The number of carboxylic acid groups (broad SMARTS) is 1. The monoisotopic (exact) mass is 348 g/mol. The zero-order chi connectivity index (χ0) is 18.5. The molecule has 0 saturated heterocycles. The minimum atomic E-state index is -0.981. The van der Waals surface area contributed by atoms with Crippen molar-refractivity contribution in [3.63, 3.8) is 0 Å². The summed E-state index contributed by atoms with van der Waals surface area (Å²) in [5.74, 6) is -1.25. The molecule has 26 heavy (non-hydrogen) atoms. The molecule has 0 aliphatic rings. The number of nitrogens with one attached hydrogen (secondary N) is 1. The lowest BCUT2D eigenvalue weighted by molar-refractivity contribution is -0.118. The topological polar surface area (TPSA) is 96.6 Å². The maximum absolute atomic E-state index is 11.0. The zero-order valence-electron chi connectivity index (χ0n) is 14.0. The van der Waals surface area contributed by atoms with Gasteiger partial charge in [0.2, 0.25) is 5.91 Å². The van der Waals surface area contributed by atoms with Gasteiger partial charge < -0.3 is 5.11 Å². The molecule has 1 aromatic heterocycles. The van der Waals surface area contributed by atoms with E-state index >= 15 is 0 Å². The average Bonchev–Trinajstić information content (AvgIpc) is 3.06. The van der Waals surface area contributed by atoms with Gasteiger partial charge >= 0.3 is 5.97 Å². The van der Waals surface area contributed by atoms with Gasteiger partial charge in [-0.2, -0.15) is 10.2 Å². The van der Waals surface area contributed by atoms with Gasteiger partial charge in [0.15, 0.2) is 0 Å².